The van der Waals surface area contributed by atoms with Crippen molar-refractivity contribution in [3.63, 3.8) is 0 Å². The lowest BCUT2D eigenvalue weighted by atomic mass is 10.1. The molecule has 4 nitrogen and oxygen atoms in total. The summed E-state index contributed by atoms with van der Waals surface area (Å²) in [5.41, 5.74) is 0.685. The summed E-state index contributed by atoms with van der Waals surface area (Å²) < 4.78 is 27.1. The van der Waals surface area contributed by atoms with Gasteiger partial charge in [0.1, 0.15) is 5.75 Å². The molecule has 2 aromatic rings. The van der Waals surface area contributed by atoms with E-state index >= 15 is 0 Å². The molecule has 0 aromatic heterocycles. The van der Waals surface area contributed by atoms with Crippen LogP contribution in [0.25, 0.3) is 10.8 Å². The van der Waals surface area contributed by atoms with Crippen molar-refractivity contribution in [2.24, 2.45) is 5.14 Å². The van der Waals surface area contributed by atoms with E-state index in [0.717, 1.165) is 16.5 Å². The third kappa shape index (κ3) is 2.95. The lowest BCUT2D eigenvalue weighted by Crippen LogP contribution is -2.14. The molecule has 0 aliphatic rings. The number of hydrogen-bond donors (Lipinski definition) is 1. The molecule has 0 amide bonds. The fourth-order valence-electron chi connectivity index (χ4n) is 1.72. The SMILES string of the molecule is COc1ccc2cc(CS(N)(=O)=O)ccc2c1. The highest BCUT2D eigenvalue weighted by Gasteiger charge is 2.05. The Labute approximate surface area is 100 Å². The molecule has 0 unspecified atom stereocenters. The van der Waals surface area contributed by atoms with Crippen LogP contribution in [0, 0.1) is 0 Å². The minimum atomic E-state index is -3.48. The van der Waals surface area contributed by atoms with Crippen LogP contribution in [0.1, 0.15) is 5.56 Å². The number of methoxy groups -OCH3 is 1. The highest BCUT2D eigenvalue weighted by molar-refractivity contribution is 7.88. The quantitative estimate of drug-likeness (QED) is 0.901. The molecule has 0 saturated heterocycles. The zero-order chi connectivity index (χ0) is 12.5. The van der Waals surface area contributed by atoms with E-state index < -0.39 is 10.0 Å². The molecule has 0 bridgehead atoms. The van der Waals surface area contributed by atoms with Crippen LogP contribution >= 0.6 is 0 Å². The van der Waals surface area contributed by atoms with Crippen LogP contribution in [-0.4, -0.2) is 15.5 Å². The molecule has 90 valence electrons. The first-order valence-electron chi connectivity index (χ1n) is 5.05. The Bertz CT molecular complexity index is 650. The minimum absolute atomic E-state index is 0.144. The molecule has 2 aromatic carbocycles. The first-order chi connectivity index (χ1) is 7.98. The molecule has 0 spiro atoms. The van der Waals surface area contributed by atoms with E-state index in [4.69, 9.17) is 9.88 Å². The van der Waals surface area contributed by atoms with Crippen molar-refractivity contribution in [3.05, 3.63) is 42.0 Å². The second kappa shape index (κ2) is 4.35. The Morgan fingerprint density at radius 1 is 1.12 bits per heavy atom. The minimum Gasteiger partial charge on any atom is -0.497 e. The normalized spacial score (nSPS) is 11.6. The molecular weight excluding hydrogens is 238 g/mol. The summed E-state index contributed by atoms with van der Waals surface area (Å²) in [5, 5.41) is 6.98. The van der Waals surface area contributed by atoms with Crippen molar-refractivity contribution < 1.29 is 13.2 Å². The number of primary sulfonamides is 1. The predicted molar refractivity (Wildman–Crippen MR) is 67.3 cm³/mol. The first kappa shape index (κ1) is 11.9. The molecule has 5 heteroatoms. The monoisotopic (exact) mass is 251 g/mol. The van der Waals surface area contributed by atoms with Crippen LogP contribution in [0.5, 0.6) is 5.75 Å². The van der Waals surface area contributed by atoms with E-state index in [0.29, 0.717) is 5.56 Å². The van der Waals surface area contributed by atoms with Gasteiger partial charge in [0.2, 0.25) is 10.0 Å². The summed E-state index contributed by atoms with van der Waals surface area (Å²) in [5.74, 6) is 0.631. The fourth-order valence-corrected chi connectivity index (χ4v) is 2.37. The standard InChI is InChI=1S/C12H13NO3S/c1-16-12-5-4-10-6-9(8-17(13,14)15)2-3-11(10)7-12/h2-7H,8H2,1H3,(H2,13,14,15). The second-order valence-electron chi connectivity index (χ2n) is 3.85. The van der Waals surface area contributed by atoms with E-state index in [2.05, 4.69) is 0 Å². The van der Waals surface area contributed by atoms with Gasteiger partial charge in [-0.2, -0.15) is 0 Å². The molecule has 0 fully saturated rings. The Morgan fingerprint density at radius 2 is 1.76 bits per heavy atom. The number of nitrogens with two attached hydrogens (primary N) is 1. The predicted octanol–water partition coefficient (Wildman–Crippen LogP) is 1.64. The summed E-state index contributed by atoms with van der Waals surface area (Å²) in [6.07, 6.45) is 0. The highest BCUT2D eigenvalue weighted by atomic mass is 32.2. The molecule has 2 rings (SSSR count). The van der Waals surface area contributed by atoms with E-state index in [1.807, 2.05) is 30.3 Å². The maximum absolute atomic E-state index is 11.0. The fraction of sp³-hybridized carbons (Fsp3) is 0.167. The van der Waals surface area contributed by atoms with Gasteiger partial charge in [0, 0.05) is 0 Å². The van der Waals surface area contributed by atoms with Gasteiger partial charge in [-0.15, -0.1) is 0 Å². The van der Waals surface area contributed by atoms with Crippen LogP contribution in [0.4, 0.5) is 0 Å². The van der Waals surface area contributed by atoms with Crippen LogP contribution in [-0.2, 0) is 15.8 Å². The zero-order valence-corrected chi connectivity index (χ0v) is 10.2. The van der Waals surface area contributed by atoms with Gasteiger partial charge in [-0.25, -0.2) is 13.6 Å². The molecule has 2 N–H and O–H groups in total. The van der Waals surface area contributed by atoms with Gasteiger partial charge in [0.05, 0.1) is 12.9 Å². The Kier molecular flexibility index (Phi) is 3.04. The number of rotatable bonds is 3. The summed E-state index contributed by atoms with van der Waals surface area (Å²) >= 11 is 0. The van der Waals surface area contributed by atoms with Crippen molar-refractivity contribution in [1.82, 2.24) is 0 Å². The van der Waals surface area contributed by atoms with Crippen molar-refractivity contribution in [2.75, 3.05) is 7.11 Å². The van der Waals surface area contributed by atoms with Gasteiger partial charge in [0.15, 0.2) is 0 Å². The average molecular weight is 251 g/mol. The second-order valence-corrected chi connectivity index (χ2v) is 5.47. The summed E-state index contributed by atoms with van der Waals surface area (Å²) in [6, 6.07) is 11.1. The summed E-state index contributed by atoms with van der Waals surface area (Å²) in [6.45, 7) is 0. The third-order valence-corrected chi connectivity index (χ3v) is 3.22. The lowest BCUT2D eigenvalue weighted by molar-refractivity contribution is 0.415. The molecule has 0 atom stereocenters. The van der Waals surface area contributed by atoms with E-state index in [1.165, 1.54) is 0 Å². The average Bonchev–Trinajstić information content (AvgIpc) is 2.26. The smallest absolute Gasteiger partial charge is 0.213 e. The number of hydrogen-bond acceptors (Lipinski definition) is 3. The Hall–Kier alpha value is -1.59. The Balaban J connectivity index is 2.45. The van der Waals surface area contributed by atoms with Gasteiger partial charge in [0.25, 0.3) is 0 Å². The largest absolute Gasteiger partial charge is 0.497 e. The van der Waals surface area contributed by atoms with E-state index in [-0.39, 0.29) is 5.75 Å². The van der Waals surface area contributed by atoms with Crippen LogP contribution in [0.15, 0.2) is 36.4 Å². The molecule has 0 radical (unpaired) electrons. The van der Waals surface area contributed by atoms with Crippen molar-refractivity contribution in [3.8, 4) is 5.75 Å². The Morgan fingerprint density at radius 3 is 2.41 bits per heavy atom. The molecular formula is C12H13NO3S. The number of ether oxygens (including phenoxy) is 1. The van der Waals surface area contributed by atoms with Crippen LogP contribution in [0.3, 0.4) is 0 Å². The summed E-state index contributed by atoms with van der Waals surface area (Å²) in [7, 11) is -1.88. The maximum Gasteiger partial charge on any atom is 0.213 e. The summed E-state index contributed by atoms with van der Waals surface area (Å²) in [4.78, 5) is 0. The number of sulfonamides is 1. The van der Waals surface area contributed by atoms with Crippen LogP contribution in [0.2, 0.25) is 0 Å². The third-order valence-electron chi connectivity index (χ3n) is 2.48. The van der Waals surface area contributed by atoms with Crippen LogP contribution < -0.4 is 9.88 Å². The van der Waals surface area contributed by atoms with Gasteiger partial charge in [-0.05, 0) is 28.5 Å². The zero-order valence-electron chi connectivity index (χ0n) is 9.38. The molecule has 0 aliphatic heterocycles. The molecule has 0 aliphatic carbocycles. The molecule has 17 heavy (non-hydrogen) atoms. The lowest BCUT2D eigenvalue weighted by Gasteiger charge is -2.05. The van der Waals surface area contributed by atoms with Crippen molar-refractivity contribution in [2.45, 2.75) is 5.75 Å². The van der Waals surface area contributed by atoms with Gasteiger partial charge >= 0.3 is 0 Å². The molecule has 0 saturated carbocycles. The molecule has 0 heterocycles. The number of benzene rings is 2. The number of fused-ring (bicyclic) bond motifs is 1. The first-order valence-corrected chi connectivity index (χ1v) is 6.77. The van der Waals surface area contributed by atoms with E-state index in [1.54, 1.807) is 13.2 Å². The highest BCUT2D eigenvalue weighted by Crippen LogP contribution is 2.22. The van der Waals surface area contributed by atoms with Gasteiger partial charge < -0.3 is 4.74 Å². The van der Waals surface area contributed by atoms with Gasteiger partial charge in [-0.1, -0.05) is 24.3 Å². The topological polar surface area (TPSA) is 69.4 Å². The maximum atomic E-state index is 11.0. The van der Waals surface area contributed by atoms with Crippen molar-refractivity contribution >= 4 is 20.8 Å². The van der Waals surface area contributed by atoms with Gasteiger partial charge in [-0.3, -0.25) is 0 Å². The van der Waals surface area contributed by atoms with E-state index in [9.17, 15) is 8.42 Å². The van der Waals surface area contributed by atoms with Crippen molar-refractivity contribution in [1.29, 1.82) is 0 Å².